The summed E-state index contributed by atoms with van der Waals surface area (Å²) < 4.78 is 26.6. The number of rotatable bonds is 6. The highest BCUT2D eigenvalue weighted by molar-refractivity contribution is 7.88. The van der Waals surface area contributed by atoms with Crippen LogP contribution in [0.15, 0.2) is 41.2 Å². The van der Waals surface area contributed by atoms with Crippen LogP contribution in [0.4, 0.5) is 11.6 Å². The van der Waals surface area contributed by atoms with Crippen molar-refractivity contribution in [3.05, 3.63) is 68.1 Å². The van der Waals surface area contributed by atoms with Crippen molar-refractivity contribution in [3.63, 3.8) is 0 Å². The zero-order chi connectivity index (χ0) is 23.9. The molecule has 0 amide bonds. The molecule has 8 nitrogen and oxygen atoms in total. The zero-order valence-corrected chi connectivity index (χ0v) is 20.4. The van der Waals surface area contributed by atoms with Crippen LogP contribution in [0.1, 0.15) is 11.3 Å². The first-order chi connectivity index (χ1) is 15.6. The Kier molecular flexibility index (Phi) is 6.24. The Balaban J connectivity index is 1.80. The predicted molar refractivity (Wildman–Crippen MR) is 135 cm³/mol. The minimum atomic E-state index is -3.29. The van der Waals surface area contributed by atoms with Gasteiger partial charge >= 0.3 is 0 Å². The molecule has 0 aliphatic carbocycles. The van der Waals surface area contributed by atoms with Gasteiger partial charge in [-0.2, -0.15) is 0 Å². The second-order valence-corrected chi connectivity index (χ2v) is 10.2. The number of nitrogens with one attached hydrogen (secondary N) is 3. The van der Waals surface area contributed by atoms with Crippen LogP contribution in [-0.2, 0) is 17.1 Å². The first-order valence-electron chi connectivity index (χ1n) is 9.91. The van der Waals surface area contributed by atoms with E-state index in [1.807, 2.05) is 19.1 Å². The van der Waals surface area contributed by atoms with Gasteiger partial charge in [0.15, 0.2) is 0 Å². The number of aromatic nitrogens is 3. The van der Waals surface area contributed by atoms with Gasteiger partial charge in [-0.15, -0.1) is 0 Å². The van der Waals surface area contributed by atoms with E-state index in [0.717, 1.165) is 17.2 Å². The molecule has 3 N–H and O–H groups in total. The van der Waals surface area contributed by atoms with Gasteiger partial charge in [-0.05, 0) is 42.1 Å². The number of para-hydroxylation sites is 1. The van der Waals surface area contributed by atoms with Crippen LogP contribution in [0.2, 0.25) is 10.0 Å². The van der Waals surface area contributed by atoms with Crippen molar-refractivity contribution >= 4 is 72.7 Å². The lowest BCUT2D eigenvalue weighted by atomic mass is 10.0. The minimum absolute atomic E-state index is 0.124. The maximum absolute atomic E-state index is 13.1. The number of halogens is 2. The van der Waals surface area contributed by atoms with Crippen LogP contribution in [0, 0.1) is 6.92 Å². The summed E-state index contributed by atoms with van der Waals surface area (Å²) in [4.78, 5) is 20.6. The highest BCUT2D eigenvalue weighted by atomic mass is 35.5. The van der Waals surface area contributed by atoms with Gasteiger partial charge in [0.1, 0.15) is 0 Å². The van der Waals surface area contributed by atoms with Crippen LogP contribution >= 0.6 is 23.2 Å². The summed E-state index contributed by atoms with van der Waals surface area (Å²) in [5, 5.41) is 5.35. The van der Waals surface area contributed by atoms with Crippen LogP contribution in [-0.4, -0.2) is 35.8 Å². The Morgan fingerprint density at radius 2 is 1.88 bits per heavy atom. The van der Waals surface area contributed by atoms with E-state index in [0.29, 0.717) is 43.8 Å². The van der Waals surface area contributed by atoms with E-state index < -0.39 is 10.0 Å². The summed E-state index contributed by atoms with van der Waals surface area (Å²) >= 11 is 12.6. The molecule has 172 valence electrons. The molecule has 4 rings (SSSR count). The Morgan fingerprint density at radius 1 is 1.18 bits per heavy atom. The molecule has 0 saturated heterocycles. The number of fused-ring (bicyclic) bond motifs is 3. The zero-order valence-electron chi connectivity index (χ0n) is 18.0. The summed E-state index contributed by atoms with van der Waals surface area (Å²) in [5.74, 6) is 0.486. The molecule has 0 saturated carbocycles. The summed E-state index contributed by atoms with van der Waals surface area (Å²) in [6.45, 7) is 2.02. The van der Waals surface area contributed by atoms with Crippen molar-refractivity contribution < 1.29 is 8.42 Å². The predicted octanol–water partition coefficient (Wildman–Crippen LogP) is 4.34. The Hall–Kier alpha value is -2.85. The van der Waals surface area contributed by atoms with E-state index in [1.165, 1.54) is 0 Å². The number of sulfonamides is 1. The molecule has 0 atom stereocenters. The smallest absolute Gasteiger partial charge is 0.258 e. The highest BCUT2D eigenvalue weighted by Crippen LogP contribution is 2.34. The van der Waals surface area contributed by atoms with Gasteiger partial charge in [0.25, 0.3) is 5.56 Å². The first kappa shape index (κ1) is 23.3. The second kappa shape index (κ2) is 8.83. The highest BCUT2D eigenvalue weighted by Gasteiger charge is 2.17. The van der Waals surface area contributed by atoms with E-state index in [4.69, 9.17) is 23.2 Å². The molecule has 4 aromatic rings. The van der Waals surface area contributed by atoms with Crippen molar-refractivity contribution in [3.8, 4) is 0 Å². The molecular weight excluding hydrogens is 485 g/mol. The standard InChI is InChI=1S/C22H21Cl2N5O3S/c1-12-13-9-10-17-20(18(13)21(30)26-16(12)8-5-11-25-33(3,31)32)29(2)22(27-17)28-19-14(23)6-4-7-15(19)24/h4-10,25H,11H2,1-3H3,(H,26,30)(H,27,28)/b8-5+. The van der Waals surface area contributed by atoms with Crippen LogP contribution in [0.25, 0.3) is 27.9 Å². The van der Waals surface area contributed by atoms with Crippen LogP contribution in [0.3, 0.4) is 0 Å². The number of benzene rings is 2. The molecule has 0 unspecified atom stereocenters. The van der Waals surface area contributed by atoms with Gasteiger partial charge in [-0.25, -0.2) is 18.1 Å². The second-order valence-electron chi connectivity index (χ2n) is 7.59. The molecule has 0 fully saturated rings. The van der Waals surface area contributed by atoms with Gasteiger partial charge in [-0.3, -0.25) is 4.79 Å². The minimum Gasteiger partial charge on any atom is -0.323 e. The summed E-state index contributed by atoms with van der Waals surface area (Å²) in [6, 6.07) is 8.91. The number of aromatic amines is 1. The number of pyridine rings is 1. The number of anilines is 2. The van der Waals surface area contributed by atoms with E-state index in [-0.39, 0.29) is 12.1 Å². The number of hydrogen-bond acceptors (Lipinski definition) is 5. The fourth-order valence-corrected chi connectivity index (χ4v) is 4.55. The van der Waals surface area contributed by atoms with Crippen molar-refractivity contribution in [2.75, 3.05) is 18.1 Å². The molecule has 2 aromatic carbocycles. The molecule has 0 aliphatic rings. The third-order valence-electron chi connectivity index (χ3n) is 5.27. The SMILES string of the molecule is Cc1c(/C=C/CNS(C)(=O)=O)[nH]c(=O)c2c1ccc1nc(Nc3c(Cl)cccc3Cl)n(C)c12. The number of aryl methyl sites for hydroxylation is 2. The monoisotopic (exact) mass is 505 g/mol. The first-order valence-corrected chi connectivity index (χ1v) is 12.6. The maximum atomic E-state index is 13.1. The van der Waals surface area contributed by atoms with E-state index in [2.05, 4.69) is 20.0 Å². The van der Waals surface area contributed by atoms with Crippen molar-refractivity contribution in [1.29, 1.82) is 0 Å². The molecule has 33 heavy (non-hydrogen) atoms. The number of H-pyrrole nitrogens is 1. The number of imidazole rings is 1. The van der Waals surface area contributed by atoms with Crippen LogP contribution < -0.4 is 15.6 Å². The topological polar surface area (TPSA) is 109 Å². The third kappa shape index (κ3) is 4.63. The normalized spacial score (nSPS) is 12.3. The molecule has 0 aliphatic heterocycles. The molecule has 0 spiro atoms. The Morgan fingerprint density at radius 3 is 2.55 bits per heavy atom. The van der Waals surface area contributed by atoms with Crippen molar-refractivity contribution in [2.45, 2.75) is 6.92 Å². The van der Waals surface area contributed by atoms with E-state index >= 15 is 0 Å². The van der Waals surface area contributed by atoms with Gasteiger partial charge in [0.05, 0.1) is 38.4 Å². The third-order valence-corrected chi connectivity index (χ3v) is 6.59. The van der Waals surface area contributed by atoms with Gasteiger partial charge < -0.3 is 14.9 Å². The number of hydrogen-bond donors (Lipinski definition) is 3. The van der Waals surface area contributed by atoms with Gasteiger partial charge in [0.2, 0.25) is 16.0 Å². The quantitative estimate of drug-likeness (QED) is 0.361. The van der Waals surface area contributed by atoms with E-state index in [1.54, 1.807) is 42.0 Å². The van der Waals surface area contributed by atoms with Crippen molar-refractivity contribution in [1.82, 2.24) is 19.3 Å². The molecule has 0 radical (unpaired) electrons. The molecule has 2 heterocycles. The lowest BCUT2D eigenvalue weighted by Gasteiger charge is -2.11. The lowest BCUT2D eigenvalue weighted by Crippen LogP contribution is -2.21. The summed E-state index contributed by atoms with van der Waals surface area (Å²) in [5.41, 5.74) is 3.02. The lowest BCUT2D eigenvalue weighted by molar-refractivity contribution is 0.592. The average Bonchev–Trinajstić information content (AvgIpc) is 3.06. The van der Waals surface area contributed by atoms with Crippen LogP contribution in [0.5, 0.6) is 0 Å². The number of nitrogens with zero attached hydrogens (tertiary/aromatic N) is 2. The summed E-state index contributed by atoms with van der Waals surface area (Å²) in [6.07, 6.45) is 4.42. The van der Waals surface area contributed by atoms with Gasteiger partial charge in [0, 0.05) is 19.3 Å². The van der Waals surface area contributed by atoms with Gasteiger partial charge in [-0.1, -0.05) is 41.4 Å². The molecule has 2 aromatic heterocycles. The average molecular weight is 506 g/mol. The molecule has 0 bridgehead atoms. The van der Waals surface area contributed by atoms with E-state index in [9.17, 15) is 13.2 Å². The largest absolute Gasteiger partial charge is 0.323 e. The fraction of sp³-hybridized carbons (Fsp3) is 0.182. The molecular formula is C22H21Cl2N5O3S. The fourth-order valence-electron chi connectivity index (χ4n) is 3.65. The Bertz CT molecular complexity index is 1570. The Labute approximate surface area is 200 Å². The maximum Gasteiger partial charge on any atom is 0.258 e. The molecule has 11 heteroatoms. The summed E-state index contributed by atoms with van der Waals surface area (Å²) in [7, 11) is -1.48. The van der Waals surface area contributed by atoms with Crippen molar-refractivity contribution in [2.24, 2.45) is 7.05 Å².